The van der Waals surface area contributed by atoms with Crippen molar-refractivity contribution in [1.82, 2.24) is 9.80 Å². The normalized spacial score (nSPS) is 10.1. The highest BCUT2D eigenvalue weighted by Gasteiger charge is 2.06. The average Bonchev–Trinajstić information content (AvgIpc) is 2.24. The fourth-order valence-electron chi connectivity index (χ4n) is 1.98. The van der Waals surface area contributed by atoms with Crippen LogP contribution in [0.15, 0.2) is 17.1 Å². The van der Waals surface area contributed by atoms with Gasteiger partial charge >= 0.3 is 0 Å². The molecule has 1 rings (SSSR count). The maximum Gasteiger partial charge on any atom is 0.195 e. The molecule has 18 heavy (non-hydrogen) atoms. The largest absolute Gasteiger partial charge is 0.507 e. The van der Waals surface area contributed by atoms with Gasteiger partial charge in [0, 0.05) is 28.2 Å². The first-order chi connectivity index (χ1) is 8.32. The van der Waals surface area contributed by atoms with Gasteiger partial charge in [-0.15, -0.1) is 0 Å². The molecule has 0 fully saturated rings. The van der Waals surface area contributed by atoms with Gasteiger partial charge in [0.15, 0.2) is 5.96 Å². The molecule has 0 radical (unpaired) electrons. The molecule has 0 amide bonds. The lowest BCUT2D eigenvalue weighted by molar-refractivity contribution is 0.466. The summed E-state index contributed by atoms with van der Waals surface area (Å²) < 4.78 is 0. The molecule has 4 nitrogen and oxygen atoms in total. The molecular weight excluding hydrogens is 226 g/mol. The molecule has 1 N–H and O–H groups in total. The van der Waals surface area contributed by atoms with Gasteiger partial charge in [-0.25, -0.2) is 4.99 Å². The summed E-state index contributed by atoms with van der Waals surface area (Å²) in [5, 5.41) is 9.73. The third kappa shape index (κ3) is 3.39. The van der Waals surface area contributed by atoms with Crippen molar-refractivity contribution in [3.05, 3.63) is 28.8 Å². The molecule has 4 heteroatoms. The van der Waals surface area contributed by atoms with E-state index < -0.39 is 0 Å². The summed E-state index contributed by atoms with van der Waals surface area (Å²) in [6.07, 6.45) is 0. The van der Waals surface area contributed by atoms with Gasteiger partial charge in [-0.1, -0.05) is 12.1 Å². The summed E-state index contributed by atoms with van der Waals surface area (Å²) in [6, 6.07) is 3.96. The molecule has 0 spiro atoms. The molecule has 0 unspecified atom stereocenters. The van der Waals surface area contributed by atoms with Gasteiger partial charge in [-0.2, -0.15) is 0 Å². The first-order valence-corrected chi connectivity index (χ1v) is 6.01. The second-order valence-electron chi connectivity index (χ2n) is 4.98. The van der Waals surface area contributed by atoms with Crippen LogP contribution >= 0.6 is 0 Å². The van der Waals surface area contributed by atoms with E-state index >= 15 is 0 Å². The summed E-state index contributed by atoms with van der Waals surface area (Å²) in [6.45, 7) is 4.44. The monoisotopic (exact) mass is 249 g/mol. The van der Waals surface area contributed by atoms with E-state index in [9.17, 15) is 5.11 Å². The molecule has 0 heterocycles. The van der Waals surface area contributed by atoms with Crippen LogP contribution in [-0.4, -0.2) is 49.1 Å². The Morgan fingerprint density at radius 3 is 1.89 bits per heavy atom. The van der Waals surface area contributed by atoms with E-state index in [0.717, 1.165) is 22.6 Å². The van der Waals surface area contributed by atoms with Crippen molar-refractivity contribution in [2.24, 2.45) is 4.99 Å². The van der Waals surface area contributed by atoms with Crippen molar-refractivity contribution < 1.29 is 5.11 Å². The topological polar surface area (TPSA) is 39.1 Å². The summed E-state index contributed by atoms with van der Waals surface area (Å²) in [4.78, 5) is 8.56. The van der Waals surface area contributed by atoms with Gasteiger partial charge in [0.2, 0.25) is 0 Å². The van der Waals surface area contributed by atoms with Crippen LogP contribution in [0, 0.1) is 13.8 Å². The highest BCUT2D eigenvalue weighted by atomic mass is 16.3. The number of aliphatic imine (C=N–C) groups is 1. The Bertz CT molecular complexity index is 417. The van der Waals surface area contributed by atoms with E-state index in [0.29, 0.717) is 12.3 Å². The quantitative estimate of drug-likeness (QED) is 0.643. The zero-order valence-corrected chi connectivity index (χ0v) is 12.2. The Morgan fingerprint density at radius 1 is 1.06 bits per heavy atom. The van der Waals surface area contributed by atoms with Gasteiger partial charge in [0.05, 0.1) is 6.54 Å². The van der Waals surface area contributed by atoms with Crippen molar-refractivity contribution in [3.8, 4) is 5.75 Å². The maximum absolute atomic E-state index is 9.73. The molecule has 0 atom stereocenters. The number of hydrogen-bond acceptors (Lipinski definition) is 2. The number of phenols is 1. The smallest absolute Gasteiger partial charge is 0.195 e. The van der Waals surface area contributed by atoms with Crippen molar-refractivity contribution in [3.63, 3.8) is 0 Å². The van der Waals surface area contributed by atoms with E-state index in [1.807, 2.05) is 64.0 Å². The maximum atomic E-state index is 9.73. The number of rotatable bonds is 2. The molecule has 1 aromatic carbocycles. The lowest BCUT2D eigenvalue weighted by Gasteiger charge is -2.22. The molecule has 0 aromatic heterocycles. The SMILES string of the molecule is Cc1cc(CN=C(N(C)C)N(C)C)cc(C)c1O. The minimum Gasteiger partial charge on any atom is -0.507 e. The third-order valence-corrected chi connectivity index (χ3v) is 2.75. The summed E-state index contributed by atoms with van der Waals surface area (Å²) in [5.74, 6) is 1.31. The number of guanidine groups is 1. The Balaban J connectivity index is 2.95. The van der Waals surface area contributed by atoms with Crippen LogP contribution in [-0.2, 0) is 6.54 Å². The van der Waals surface area contributed by atoms with Gasteiger partial charge in [-0.3, -0.25) is 0 Å². The van der Waals surface area contributed by atoms with Gasteiger partial charge in [0.1, 0.15) is 5.75 Å². The number of nitrogens with zero attached hydrogens (tertiary/aromatic N) is 3. The summed E-state index contributed by atoms with van der Waals surface area (Å²) in [5.41, 5.74) is 2.91. The predicted octanol–water partition coefficient (Wildman–Crippen LogP) is 1.99. The molecule has 0 saturated carbocycles. The molecule has 0 aliphatic heterocycles. The Kier molecular flexibility index (Phi) is 4.59. The number of benzene rings is 1. The van der Waals surface area contributed by atoms with Crippen LogP contribution in [0.5, 0.6) is 5.75 Å². The molecule has 0 saturated heterocycles. The molecule has 0 bridgehead atoms. The molecule has 0 aliphatic carbocycles. The fourth-order valence-corrected chi connectivity index (χ4v) is 1.98. The summed E-state index contributed by atoms with van der Waals surface area (Å²) in [7, 11) is 7.91. The van der Waals surface area contributed by atoms with E-state index in [4.69, 9.17) is 0 Å². The first-order valence-electron chi connectivity index (χ1n) is 6.01. The first kappa shape index (κ1) is 14.4. The molecule has 100 valence electrons. The van der Waals surface area contributed by atoms with Crippen LogP contribution in [0.3, 0.4) is 0 Å². The number of hydrogen-bond donors (Lipinski definition) is 1. The zero-order chi connectivity index (χ0) is 13.9. The van der Waals surface area contributed by atoms with Crippen molar-refractivity contribution >= 4 is 5.96 Å². The predicted molar refractivity (Wildman–Crippen MR) is 76.1 cm³/mol. The minimum atomic E-state index is 0.378. The third-order valence-electron chi connectivity index (χ3n) is 2.75. The van der Waals surface area contributed by atoms with Crippen LogP contribution in [0.1, 0.15) is 16.7 Å². The van der Waals surface area contributed by atoms with Crippen molar-refractivity contribution in [2.45, 2.75) is 20.4 Å². The Morgan fingerprint density at radius 2 is 1.50 bits per heavy atom. The summed E-state index contributed by atoms with van der Waals surface area (Å²) >= 11 is 0. The van der Waals surface area contributed by atoms with Crippen LogP contribution in [0.2, 0.25) is 0 Å². The van der Waals surface area contributed by atoms with Crippen LogP contribution < -0.4 is 0 Å². The van der Waals surface area contributed by atoms with E-state index in [1.54, 1.807) is 0 Å². The average molecular weight is 249 g/mol. The highest BCUT2D eigenvalue weighted by Crippen LogP contribution is 2.23. The number of phenolic OH excluding ortho intramolecular Hbond substituents is 1. The van der Waals surface area contributed by atoms with E-state index in [1.165, 1.54) is 0 Å². The Hall–Kier alpha value is -1.71. The van der Waals surface area contributed by atoms with Gasteiger partial charge in [0.25, 0.3) is 0 Å². The lowest BCUT2D eigenvalue weighted by Crippen LogP contribution is -2.35. The second kappa shape index (κ2) is 5.76. The van der Waals surface area contributed by atoms with E-state index in [2.05, 4.69) is 4.99 Å². The lowest BCUT2D eigenvalue weighted by atomic mass is 10.1. The molecule has 0 aliphatic rings. The number of aromatic hydroxyl groups is 1. The van der Waals surface area contributed by atoms with Crippen LogP contribution in [0.4, 0.5) is 0 Å². The van der Waals surface area contributed by atoms with Crippen LogP contribution in [0.25, 0.3) is 0 Å². The van der Waals surface area contributed by atoms with Gasteiger partial charge in [-0.05, 0) is 30.5 Å². The highest BCUT2D eigenvalue weighted by molar-refractivity contribution is 5.79. The van der Waals surface area contributed by atoms with Crippen molar-refractivity contribution in [2.75, 3.05) is 28.2 Å². The second-order valence-corrected chi connectivity index (χ2v) is 4.98. The minimum absolute atomic E-state index is 0.378. The molecule has 1 aromatic rings. The zero-order valence-electron chi connectivity index (χ0n) is 12.2. The standard InChI is InChI=1S/C14H23N3O/c1-10-7-12(8-11(2)13(10)18)9-15-14(16(3)4)17(5)6/h7-8,18H,9H2,1-6H3. The Labute approximate surface area is 110 Å². The number of aryl methyl sites for hydroxylation is 2. The fraction of sp³-hybridized carbons (Fsp3) is 0.500. The van der Waals surface area contributed by atoms with E-state index in [-0.39, 0.29) is 0 Å². The van der Waals surface area contributed by atoms with Gasteiger partial charge < -0.3 is 14.9 Å². The van der Waals surface area contributed by atoms with Crippen molar-refractivity contribution in [1.29, 1.82) is 0 Å². The molecular formula is C14H23N3O.